The predicted octanol–water partition coefficient (Wildman–Crippen LogP) is 17.9. The van der Waals surface area contributed by atoms with Gasteiger partial charge in [-0.05, 0) is 135 Å². The monoisotopic (exact) mass is 851 g/mol. The second kappa shape index (κ2) is 21.7. The van der Waals surface area contributed by atoms with Crippen molar-refractivity contribution >= 4 is 53.9 Å². The normalized spacial score (nSPS) is 18.2. The molecule has 0 fully saturated rings. The van der Waals surface area contributed by atoms with E-state index in [1.54, 1.807) is 0 Å². The van der Waals surface area contributed by atoms with Crippen molar-refractivity contribution < 1.29 is 0 Å². The Morgan fingerprint density at radius 1 is 0.672 bits per heavy atom. The smallest absolute Gasteiger partial charge is 0.105 e. The number of fused-ring (bicyclic) bond motifs is 3. The van der Waals surface area contributed by atoms with E-state index in [4.69, 9.17) is 4.99 Å². The van der Waals surface area contributed by atoms with E-state index in [0.29, 0.717) is 0 Å². The molecule has 1 atom stereocenters. The summed E-state index contributed by atoms with van der Waals surface area (Å²) in [6, 6.07) is 51.4. The van der Waals surface area contributed by atoms with Gasteiger partial charge in [0.25, 0.3) is 0 Å². The number of hydrogen-bond acceptors (Lipinski definition) is 2. The lowest BCUT2D eigenvalue weighted by atomic mass is 9.81. The molecule has 0 N–H and O–H groups in total. The molecule has 0 saturated heterocycles. The third-order valence-corrected chi connectivity index (χ3v) is 13.1. The molecule has 64 heavy (non-hydrogen) atoms. The van der Waals surface area contributed by atoms with E-state index in [1.165, 1.54) is 64.7 Å². The summed E-state index contributed by atoms with van der Waals surface area (Å²) in [5.41, 5.74) is 14.5. The highest BCUT2D eigenvalue weighted by atomic mass is 32.1. The number of thiophene rings is 1. The van der Waals surface area contributed by atoms with Crippen molar-refractivity contribution in [1.29, 1.82) is 0 Å². The molecule has 0 amide bonds. The van der Waals surface area contributed by atoms with Gasteiger partial charge < -0.3 is 0 Å². The quantitative estimate of drug-likeness (QED) is 0.109. The molecule has 1 aromatic heterocycles. The summed E-state index contributed by atoms with van der Waals surface area (Å²) in [5.74, 6) is 0. The molecule has 0 bridgehead atoms. The molecule has 1 unspecified atom stereocenters. The van der Waals surface area contributed by atoms with Crippen molar-refractivity contribution in [1.82, 2.24) is 0 Å². The van der Waals surface area contributed by atoms with E-state index >= 15 is 0 Å². The van der Waals surface area contributed by atoms with Crippen LogP contribution >= 0.6 is 11.3 Å². The maximum Gasteiger partial charge on any atom is 0.105 e. The predicted molar refractivity (Wildman–Crippen MR) is 285 cm³/mol. The highest BCUT2D eigenvalue weighted by Crippen LogP contribution is 2.41. The number of allylic oxidation sites excluding steroid dienone is 11. The maximum atomic E-state index is 5.94. The summed E-state index contributed by atoms with van der Waals surface area (Å²) >= 11 is 1.86. The fourth-order valence-corrected chi connectivity index (χ4v) is 9.89. The summed E-state index contributed by atoms with van der Waals surface area (Å²) in [7, 11) is 0. The maximum absolute atomic E-state index is 5.94. The average Bonchev–Trinajstić information content (AvgIpc) is 3.71. The lowest BCUT2D eigenvalue weighted by Gasteiger charge is -2.30. The van der Waals surface area contributed by atoms with Gasteiger partial charge in [0, 0.05) is 20.2 Å². The summed E-state index contributed by atoms with van der Waals surface area (Å²) in [5, 5.41) is 2.60. The fourth-order valence-electron chi connectivity index (χ4n) is 8.80. The second-order valence-electron chi connectivity index (χ2n) is 16.2. The number of benzene rings is 6. The largest absolute Gasteiger partial charge is 0.269 e. The minimum absolute atomic E-state index is 0.693. The number of aryl methyl sites for hydroxylation is 2. The first-order valence-electron chi connectivity index (χ1n) is 23.0. The van der Waals surface area contributed by atoms with E-state index < -0.39 is 5.54 Å². The van der Waals surface area contributed by atoms with Crippen LogP contribution < -0.4 is 0 Å². The topological polar surface area (TPSA) is 12.4 Å². The molecule has 1 nitrogen and oxygen atoms in total. The van der Waals surface area contributed by atoms with Crippen molar-refractivity contribution in [3.8, 4) is 11.1 Å². The van der Waals surface area contributed by atoms with Crippen molar-refractivity contribution in [3.63, 3.8) is 0 Å². The van der Waals surface area contributed by atoms with Crippen LogP contribution in [0.1, 0.15) is 92.3 Å². The van der Waals surface area contributed by atoms with Gasteiger partial charge >= 0.3 is 0 Å². The first-order chi connectivity index (χ1) is 31.4. The molecule has 7 aromatic rings. The van der Waals surface area contributed by atoms with Crippen molar-refractivity contribution in [3.05, 3.63) is 246 Å². The lowest BCUT2D eigenvalue weighted by molar-refractivity contribution is 0.509. The molecule has 1 aliphatic rings. The zero-order chi connectivity index (χ0) is 44.9. The molecule has 320 valence electrons. The molecule has 2 heterocycles. The van der Waals surface area contributed by atoms with Gasteiger partial charge in [-0.1, -0.05) is 205 Å². The van der Waals surface area contributed by atoms with Crippen molar-refractivity contribution in [2.75, 3.05) is 0 Å². The van der Waals surface area contributed by atoms with Gasteiger partial charge in [0.1, 0.15) is 5.54 Å². The SMILES string of the molecule is C=C/C=C(\C=C)c1ccc(C2=NC(CCC)(c3ccccc3)/C=C(c3ccc(CCC)c(-c4ccccc4C)c3)/C=C(c3ccc4sc5ccccc5c4c3)\C=C\C/C=C\2)cc1.CC. The van der Waals surface area contributed by atoms with E-state index in [-0.39, 0.29) is 0 Å². The van der Waals surface area contributed by atoms with Crippen molar-refractivity contribution in [2.45, 2.75) is 72.3 Å². The van der Waals surface area contributed by atoms with Crippen molar-refractivity contribution in [2.24, 2.45) is 4.99 Å². The van der Waals surface area contributed by atoms with Crippen LogP contribution in [0.4, 0.5) is 0 Å². The Hall–Kier alpha value is -6.61. The van der Waals surface area contributed by atoms with Gasteiger partial charge in [0.05, 0.1) is 5.71 Å². The standard InChI is InChI=1S/C60H55NS.C2H6/c1-6-20-44(9-4)45-30-33-47(34-31-45)57-28-15-10-12-23-48(49-36-37-59-56(41-49)54-27-18-19-29-58(54)62-59)39-51(42-60(61-57,38-8-3)52-24-13-11-14-25-52)50-35-32-46(21-7-2)55(40-50)53-26-17-16-22-43(53)5;1-2/h6,9,11-20,22-37,39-42H,1,4,7-8,10,21,38H2,2-3,5H3;1-2H3/b23-12+,28-15-,44-20+,48-39+,51-42-,61-57?;. The molecule has 1 aliphatic heterocycles. The Kier molecular flexibility index (Phi) is 15.4. The Labute approximate surface area is 386 Å². The van der Waals surface area contributed by atoms with Crippen LogP contribution in [-0.4, -0.2) is 5.71 Å². The highest BCUT2D eigenvalue weighted by molar-refractivity contribution is 7.25. The van der Waals surface area contributed by atoms with Gasteiger partial charge in [-0.3, -0.25) is 4.99 Å². The van der Waals surface area contributed by atoms with E-state index in [1.807, 2.05) is 43.4 Å². The van der Waals surface area contributed by atoms with Crippen LogP contribution in [0.5, 0.6) is 0 Å². The number of hydrogen-bond donors (Lipinski definition) is 0. The Balaban J connectivity index is 0.00000302. The number of rotatable bonds is 12. The van der Waals surface area contributed by atoms with E-state index in [9.17, 15) is 0 Å². The number of aliphatic imine (C=N–C) groups is 1. The van der Waals surface area contributed by atoms with Crippen LogP contribution in [0.3, 0.4) is 0 Å². The van der Waals surface area contributed by atoms with Crippen LogP contribution in [0.15, 0.2) is 212 Å². The summed E-state index contributed by atoms with van der Waals surface area (Å²) in [6.45, 7) is 18.7. The van der Waals surface area contributed by atoms with Crippen LogP contribution in [0.25, 0.3) is 48.0 Å². The summed E-state index contributed by atoms with van der Waals surface area (Å²) < 4.78 is 2.62. The van der Waals surface area contributed by atoms with Gasteiger partial charge in [-0.2, -0.15) is 0 Å². The molecule has 8 rings (SSSR count). The highest BCUT2D eigenvalue weighted by Gasteiger charge is 2.30. The average molecular weight is 852 g/mol. The van der Waals surface area contributed by atoms with Gasteiger partial charge in [0.2, 0.25) is 0 Å². The minimum Gasteiger partial charge on any atom is -0.269 e. The fraction of sp³-hybridized carbons (Fsp3) is 0.177. The third-order valence-electron chi connectivity index (χ3n) is 11.9. The second-order valence-corrected chi connectivity index (χ2v) is 17.2. The van der Waals surface area contributed by atoms with Crippen LogP contribution in [0.2, 0.25) is 0 Å². The van der Waals surface area contributed by atoms with E-state index in [2.05, 4.69) is 210 Å². The Bertz CT molecular complexity index is 2930. The zero-order valence-electron chi connectivity index (χ0n) is 38.3. The Morgan fingerprint density at radius 3 is 2.11 bits per heavy atom. The molecule has 0 saturated carbocycles. The molecule has 2 heteroatoms. The molecule has 0 spiro atoms. The van der Waals surface area contributed by atoms with E-state index in [0.717, 1.165) is 60.1 Å². The van der Waals surface area contributed by atoms with Gasteiger partial charge in [0.15, 0.2) is 0 Å². The molecule has 0 aliphatic carbocycles. The van der Waals surface area contributed by atoms with Crippen LogP contribution in [0, 0.1) is 6.92 Å². The molecular weight excluding hydrogens is 791 g/mol. The minimum atomic E-state index is -0.693. The van der Waals surface area contributed by atoms with Gasteiger partial charge in [-0.25, -0.2) is 0 Å². The lowest BCUT2D eigenvalue weighted by Crippen LogP contribution is -2.24. The third kappa shape index (κ3) is 10.1. The summed E-state index contributed by atoms with van der Waals surface area (Å²) in [4.78, 5) is 5.94. The zero-order valence-corrected chi connectivity index (χ0v) is 39.1. The van der Waals surface area contributed by atoms with Gasteiger partial charge in [-0.15, -0.1) is 11.3 Å². The number of nitrogens with zero attached hydrogens (tertiary/aromatic N) is 1. The molecule has 6 aromatic carbocycles. The molecular formula is C62H61NS. The summed E-state index contributed by atoms with van der Waals surface area (Å²) in [6.07, 6.45) is 24.3. The Morgan fingerprint density at radius 2 is 1.36 bits per heavy atom. The van der Waals surface area contributed by atoms with Crippen LogP contribution in [-0.2, 0) is 12.0 Å². The first kappa shape index (κ1) is 45.4. The first-order valence-corrected chi connectivity index (χ1v) is 23.8. The molecule has 0 radical (unpaired) electrons.